The monoisotopic (exact) mass is 436 g/mol. The number of nitrogens with zero attached hydrogens (tertiary/aromatic N) is 3. The highest BCUT2D eigenvalue weighted by molar-refractivity contribution is 7.89. The quantitative estimate of drug-likeness (QED) is 0.668. The van der Waals surface area contributed by atoms with Crippen molar-refractivity contribution in [2.45, 2.75) is 17.0 Å². The van der Waals surface area contributed by atoms with Crippen LogP contribution in [0.25, 0.3) is 0 Å². The van der Waals surface area contributed by atoms with Crippen molar-refractivity contribution in [3.63, 3.8) is 0 Å². The van der Waals surface area contributed by atoms with Crippen LogP contribution in [0.4, 0.5) is 18.9 Å². The fraction of sp³-hybridized carbons (Fsp3) is 0.250. The maximum absolute atomic E-state index is 13.6. The lowest BCUT2D eigenvalue weighted by Crippen LogP contribution is -2.32. The summed E-state index contributed by atoms with van der Waals surface area (Å²) in [5, 5.41) is 3.03. The molecule has 2 aromatic carbocycles. The fourth-order valence-corrected chi connectivity index (χ4v) is 5.07. The summed E-state index contributed by atoms with van der Waals surface area (Å²) in [6.07, 6.45) is 2.82. The number of halogens is 3. The molecule has 0 unspecified atom stereocenters. The first-order valence-corrected chi connectivity index (χ1v) is 10.6. The molecular formula is C20H19F3N4O2S. The van der Waals surface area contributed by atoms with E-state index < -0.39 is 33.5 Å². The predicted molar refractivity (Wildman–Crippen MR) is 105 cm³/mol. The highest BCUT2D eigenvalue weighted by Gasteiger charge is 2.41. The molecule has 6 nitrogen and oxygen atoms in total. The molecule has 10 heteroatoms. The second kappa shape index (κ2) is 7.77. The highest BCUT2D eigenvalue weighted by Crippen LogP contribution is 2.33. The summed E-state index contributed by atoms with van der Waals surface area (Å²) >= 11 is 0. The maximum Gasteiger partial charge on any atom is 0.262 e. The summed E-state index contributed by atoms with van der Waals surface area (Å²) in [4.78, 5) is 3.94. The third kappa shape index (κ3) is 3.92. The SMILES string of the molecule is Cn1cnc(S(=O)(=O)N2C[C@H](Nc3ccc(F)c(F)c3)[C@@H](c3ccc(F)cc3)C2)c1. The average Bonchev–Trinajstić information content (AvgIpc) is 3.33. The van der Waals surface area contributed by atoms with Crippen LogP contribution in [-0.2, 0) is 17.1 Å². The van der Waals surface area contributed by atoms with Gasteiger partial charge in [0.2, 0.25) is 0 Å². The summed E-state index contributed by atoms with van der Waals surface area (Å²) in [5.74, 6) is -2.72. The normalized spacial score (nSPS) is 19.9. The van der Waals surface area contributed by atoms with Crippen molar-refractivity contribution in [3.8, 4) is 0 Å². The van der Waals surface area contributed by atoms with Crippen LogP contribution >= 0.6 is 0 Å². The molecule has 0 amide bonds. The molecule has 158 valence electrons. The third-order valence-corrected chi connectivity index (χ3v) is 6.86. The lowest BCUT2D eigenvalue weighted by atomic mass is 9.94. The Morgan fingerprint density at radius 3 is 2.40 bits per heavy atom. The molecule has 3 aromatic rings. The molecule has 1 fully saturated rings. The van der Waals surface area contributed by atoms with Gasteiger partial charge in [0.15, 0.2) is 16.7 Å². The zero-order valence-corrected chi connectivity index (χ0v) is 16.8. The van der Waals surface area contributed by atoms with Crippen molar-refractivity contribution in [1.29, 1.82) is 0 Å². The Morgan fingerprint density at radius 1 is 1.03 bits per heavy atom. The standard InChI is InChI=1S/C20H19F3N4O2S/c1-26-11-20(24-12-26)30(28,29)27-9-16(13-2-4-14(21)5-3-13)19(10-27)25-15-6-7-17(22)18(23)8-15/h2-8,11-12,16,19,25H,9-10H2,1H3/t16-,19+/m1/s1. The van der Waals surface area contributed by atoms with E-state index in [4.69, 9.17) is 0 Å². The first kappa shape index (κ1) is 20.4. The van der Waals surface area contributed by atoms with Crippen LogP contribution in [0.1, 0.15) is 11.5 Å². The second-order valence-electron chi connectivity index (χ2n) is 7.24. The Labute approximate surface area is 172 Å². The molecule has 30 heavy (non-hydrogen) atoms. The van der Waals surface area contributed by atoms with Gasteiger partial charge in [-0.25, -0.2) is 26.6 Å². The van der Waals surface area contributed by atoms with Gasteiger partial charge in [-0.2, -0.15) is 4.31 Å². The highest BCUT2D eigenvalue weighted by atomic mass is 32.2. The van der Waals surface area contributed by atoms with Gasteiger partial charge in [-0.05, 0) is 29.8 Å². The van der Waals surface area contributed by atoms with Gasteiger partial charge < -0.3 is 9.88 Å². The van der Waals surface area contributed by atoms with Crippen LogP contribution < -0.4 is 5.32 Å². The fourth-order valence-electron chi connectivity index (χ4n) is 3.61. The molecule has 1 aliphatic rings. The molecule has 2 atom stereocenters. The molecular weight excluding hydrogens is 417 g/mol. The Hall–Kier alpha value is -2.85. The van der Waals surface area contributed by atoms with E-state index in [1.807, 2.05) is 0 Å². The zero-order chi connectivity index (χ0) is 21.5. The topological polar surface area (TPSA) is 67.2 Å². The molecule has 0 saturated carbocycles. The molecule has 0 radical (unpaired) electrons. The van der Waals surface area contributed by atoms with Gasteiger partial charge in [0.1, 0.15) is 5.82 Å². The van der Waals surface area contributed by atoms with Crippen LogP contribution in [0, 0.1) is 17.5 Å². The second-order valence-corrected chi connectivity index (χ2v) is 9.12. The van der Waals surface area contributed by atoms with Crippen LogP contribution in [0.15, 0.2) is 60.0 Å². The van der Waals surface area contributed by atoms with Crippen molar-refractivity contribution in [2.24, 2.45) is 7.05 Å². The Balaban J connectivity index is 1.66. The van der Waals surface area contributed by atoms with E-state index in [2.05, 4.69) is 10.3 Å². The third-order valence-electron chi connectivity index (χ3n) is 5.14. The van der Waals surface area contributed by atoms with Crippen molar-refractivity contribution < 1.29 is 21.6 Å². The Bertz CT molecular complexity index is 1170. The van der Waals surface area contributed by atoms with Crippen LogP contribution in [0.3, 0.4) is 0 Å². The summed E-state index contributed by atoms with van der Waals surface area (Å²) in [5.41, 5.74) is 1.05. The van der Waals surface area contributed by atoms with Crippen molar-refractivity contribution >= 4 is 15.7 Å². The first-order valence-electron chi connectivity index (χ1n) is 9.19. The molecule has 1 aromatic heterocycles. The minimum Gasteiger partial charge on any atom is -0.380 e. The average molecular weight is 436 g/mol. The number of anilines is 1. The summed E-state index contributed by atoms with van der Waals surface area (Å²) < 4.78 is 69.2. The lowest BCUT2D eigenvalue weighted by Gasteiger charge is -2.21. The van der Waals surface area contributed by atoms with Crippen LogP contribution in [0.5, 0.6) is 0 Å². The first-order chi connectivity index (χ1) is 14.2. The van der Waals surface area contributed by atoms with E-state index in [0.29, 0.717) is 5.69 Å². The number of hydrogen-bond donors (Lipinski definition) is 1. The number of benzene rings is 2. The molecule has 0 bridgehead atoms. The number of aromatic nitrogens is 2. The Morgan fingerprint density at radius 2 is 1.77 bits per heavy atom. The van der Waals surface area contributed by atoms with E-state index in [1.54, 1.807) is 19.2 Å². The molecule has 1 saturated heterocycles. The predicted octanol–water partition coefficient (Wildman–Crippen LogP) is 3.11. The molecule has 1 aliphatic heterocycles. The minimum absolute atomic E-state index is 0.0728. The molecule has 0 aliphatic carbocycles. The van der Waals surface area contributed by atoms with Gasteiger partial charge in [-0.15, -0.1) is 0 Å². The van der Waals surface area contributed by atoms with Gasteiger partial charge in [-0.3, -0.25) is 0 Å². The van der Waals surface area contributed by atoms with E-state index >= 15 is 0 Å². The number of sulfonamides is 1. The van der Waals surface area contributed by atoms with E-state index in [0.717, 1.165) is 17.7 Å². The number of imidazole rings is 1. The molecule has 4 rings (SSSR count). The smallest absolute Gasteiger partial charge is 0.262 e. The minimum atomic E-state index is -3.85. The van der Waals surface area contributed by atoms with E-state index in [1.165, 1.54) is 39.6 Å². The molecule has 1 N–H and O–H groups in total. The number of aryl methyl sites for hydroxylation is 1. The number of nitrogens with one attached hydrogen (secondary N) is 1. The summed E-state index contributed by atoms with van der Waals surface area (Å²) in [6.45, 7) is 0.214. The summed E-state index contributed by atoms with van der Waals surface area (Å²) in [7, 11) is -2.18. The number of rotatable bonds is 5. The van der Waals surface area contributed by atoms with Gasteiger partial charge in [0.25, 0.3) is 10.0 Å². The van der Waals surface area contributed by atoms with E-state index in [-0.39, 0.29) is 24.0 Å². The van der Waals surface area contributed by atoms with Crippen molar-refractivity contribution in [2.75, 3.05) is 18.4 Å². The largest absolute Gasteiger partial charge is 0.380 e. The van der Waals surface area contributed by atoms with E-state index in [9.17, 15) is 21.6 Å². The molecule has 0 spiro atoms. The zero-order valence-electron chi connectivity index (χ0n) is 16.0. The van der Waals surface area contributed by atoms with Gasteiger partial charge >= 0.3 is 0 Å². The van der Waals surface area contributed by atoms with Gasteiger partial charge in [-0.1, -0.05) is 12.1 Å². The van der Waals surface area contributed by atoms with Crippen LogP contribution in [-0.4, -0.2) is 41.4 Å². The van der Waals surface area contributed by atoms with Crippen LogP contribution in [0.2, 0.25) is 0 Å². The van der Waals surface area contributed by atoms with Gasteiger partial charge in [0.05, 0.1) is 6.33 Å². The molecule has 2 heterocycles. The Kier molecular flexibility index (Phi) is 5.29. The van der Waals surface area contributed by atoms with Gasteiger partial charge in [0, 0.05) is 50.0 Å². The number of hydrogen-bond acceptors (Lipinski definition) is 4. The van der Waals surface area contributed by atoms with Crippen molar-refractivity contribution in [3.05, 3.63) is 78.0 Å². The maximum atomic E-state index is 13.6. The summed E-state index contributed by atoms with van der Waals surface area (Å²) in [6, 6.07) is 8.76. The van der Waals surface area contributed by atoms with Crippen molar-refractivity contribution in [1.82, 2.24) is 13.9 Å². The lowest BCUT2D eigenvalue weighted by molar-refractivity contribution is 0.468.